The molecule has 20 heavy (non-hydrogen) atoms. The molecular weight excluding hydrogens is 274 g/mol. The molecule has 0 aliphatic carbocycles. The van der Waals surface area contributed by atoms with Gasteiger partial charge in [-0.3, -0.25) is 4.90 Å². The van der Waals surface area contributed by atoms with E-state index < -0.39 is 9.84 Å². The second-order valence-electron chi connectivity index (χ2n) is 4.68. The van der Waals surface area contributed by atoms with Gasteiger partial charge in [-0.2, -0.15) is 10.5 Å². The van der Waals surface area contributed by atoms with Crippen molar-refractivity contribution in [2.45, 2.75) is 24.8 Å². The molecule has 0 spiro atoms. The Morgan fingerprint density at radius 2 is 1.80 bits per heavy atom. The first kappa shape index (κ1) is 16.2. The SMILES string of the molecule is CC(C)N(CC#N)CCS(=O)(=O)c1ccc(C#N)cc1. The summed E-state index contributed by atoms with van der Waals surface area (Å²) in [6.45, 7) is 4.37. The Hall–Kier alpha value is -1.89. The van der Waals surface area contributed by atoms with Gasteiger partial charge in [0.15, 0.2) is 9.84 Å². The summed E-state index contributed by atoms with van der Waals surface area (Å²) in [7, 11) is -3.39. The van der Waals surface area contributed by atoms with Gasteiger partial charge < -0.3 is 0 Å². The lowest BCUT2D eigenvalue weighted by Gasteiger charge is -2.23. The van der Waals surface area contributed by atoms with E-state index in [0.717, 1.165) is 0 Å². The van der Waals surface area contributed by atoms with Crippen LogP contribution in [0.1, 0.15) is 19.4 Å². The van der Waals surface area contributed by atoms with Crippen molar-refractivity contribution in [2.24, 2.45) is 0 Å². The molecular formula is C14H17N3O2S. The van der Waals surface area contributed by atoms with Gasteiger partial charge in [0.25, 0.3) is 0 Å². The van der Waals surface area contributed by atoms with Gasteiger partial charge in [0.05, 0.1) is 34.9 Å². The summed E-state index contributed by atoms with van der Waals surface area (Å²) in [5.41, 5.74) is 0.428. The van der Waals surface area contributed by atoms with Crippen molar-refractivity contribution in [1.29, 1.82) is 10.5 Å². The third-order valence-electron chi connectivity index (χ3n) is 2.99. The lowest BCUT2D eigenvalue weighted by molar-refractivity contribution is 0.263. The van der Waals surface area contributed by atoms with E-state index in [0.29, 0.717) is 12.1 Å². The summed E-state index contributed by atoms with van der Waals surface area (Å²) >= 11 is 0. The number of benzene rings is 1. The highest BCUT2D eigenvalue weighted by atomic mass is 32.2. The number of rotatable bonds is 6. The van der Waals surface area contributed by atoms with Crippen LogP contribution in [0.4, 0.5) is 0 Å². The normalized spacial score (nSPS) is 11.3. The Morgan fingerprint density at radius 1 is 1.20 bits per heavy atom. The van der Waals surface area contributed by atoms with Crippen LogP contribution in [0.2, 0.25) is 0 Å². The van der Waals surface area contributed by atoms with Crippen LogP contribution in [-0.2, 0) is 9.84 Å². The highest BCUT2D eigenvalue weighted by Gasteiger charge is 2.17. The van der Waals surface area contributed by atoms with Crippen molar-refractivity contribution in [3.8, 4) is 12.1 Å². The van der Waals surface area contributed by atoms with Crippen LogP contribution in [0, 0.1) is 22.7 Å². The molecule has 0 saturated carbocycles. The quantitative estimate of drug-likeness (QED) is 0.743. The molecule has 0 N–H and O–H groups in total. The molecule has 0 heterocycles. The van der Waals surface area contributed by atoms with Crippen molar-refractivity contribution >= 4 is 9.84 Å². The van der Waals surface area contributed by atoms with Crippen molar-refractivity contribution in [2.75, 3.05) is 18.8 Å². The molecule has 5 nitrogen and oxygen atoms in total. The summed E-state index contributed by atoms with van der Waals surface area (Å²) in [5.74, 6) is -0.0429. The van der Waals surface area contributed by atoms with E-state index in [4.69, 9.17) is 10.5 Å². The van der Waals surface area contributed by atoms with Crippen molar-refractivity contribution < 1.29 is 8.42 Å². The predicted octanol–water partition coefficient (Wildman–Crippen LogP) is 1.57. The molecule has 0 aromatic heterocycles. The minimum Gasteiger partial charge on any atom is -0.287 e. The van der Waals surface area contributed by atoms with Gasteiger partial charge >= 0.3 is 0 Å². The van der Waals surface area contributed by atoms with Crippen LogP contribution in [0.15, 0.2) is 29.2 Å². The van der Waals surface area contributed by atoms with Crippen molar-refractivity contribution in [1.82, 2.24) is 4.90 Å². The van der Waals surface area contributed by atoms with E-state index in [-0.39, 0.29) is 23.2 Å². The fraction of sp³-hybridized carbons (Fsp3) is 0.429. The minimum absolute atomic E-state index is 0.0429. The lowest BCUT2D eigenvalue weighted by atomic mass is 10.2. The highest BCUT2D eigenvalue weighted by molar-refractivity contribution is 7.91. The number of hydrogen-bond donors (Lipinski definition) is 0. The Bertz CT molecular complexity index is 622. The minimum atomic E-state index is -3.39. The number of nitriles is 2. The lowest BCUT2D eigenvalue weighted by Crippen LogP contribution is -2.35. The van der Waals surface area contributed by atoms with Gasteiger partial charge in [-0.25, -0.2) is 8.42 Å². The zero-order valence-corrected chi connectivity index (χ0v) is 12.4. The fourth-order valence-corrected chi connectivity index (χ4v) is 2.96. The van der Waals surface area contributed by atoms with E-state index in [1.54, 1.807) is 4.90 Å². The molecule has 0 radical (unpaired) electrons. The molecule has 6 heteroatoms. The molecule has 0 aliphatic rings. The van der Waals surface area contributed by atoms with Gasteiger partial charge in [0, 0.05) is 12.6 Å². The first-order valence-electron chi connectivity index (χ1n) is 6.24. The fourth-order valence-electron chi connectivity index (χ4n) is 1.70. The molecule has 0 bridgehead atoms. The van der Waals surface area contributed by atoms with E-state index in [1.807, 2.05) is 26.0 Å². The topological polar surface area (TPSA) is 85.0 Å². The third kappa shape index (κ3) is 4.34. The molecule has 0 atom stereocenters. The summed E-state index contributed by atoms with van der Waals surface area (Å²) in [6.07, 6.45) is 0. The van der Waals surface area contributed by atoms with E-state index in [1.165, 1.54) is 24.3 Å². The second-order valence-corrected chi connectivity index (χ2v) is 6.79. The van der Waals surface area contributed by atoms with Gasteiger partial charge in [-0.05, 0) is 38.1 Å². The predicted molar refractivity (Wildman–Crippen MR) is 75.5 cm³/mol. The smallest absolute Gasteiger partial charge is 0.179 e. The molecule has 0 unspecified atom stereocenters. The summed E-state index contributed by atoms with van der Waals surface area (Å²) in [5, 5.41) is 17.4. The van der Waals surface area contributed by atoms with Gasteiger partial charge in [0.1, 0.15) is 0 Å². The molecule has 1 rings (SSSR count). The summed E-state index contributed by atoms with van der Waals surface area (Å²) in [4.78, 5) is 2.01. The standard InChI is InChI=1S/C14H17N3O2S/c1-12(2)17(8-7-15)9-10-20(18,19)14-5-3-13(11-16)4-6-14/h3-6,12H,8-10H2,1-2H3. The average Bonchev–Trinajstić information content (AvgIpc) is 2.43. The summed E-state index contributed by atoms with van der Waals surface area (Å²) < 4.78 is 24.3. The monoisotopic (exact) mass is 291 g/mol. The summed E-state index contributed by atoms with van der Waals surface area (Å²) in [6, 6.07) is 9.96. The van der Waals surface area contributed by atoms with Crippen LogP contribution >= 0.6 is 0 Å². The van der Waals surface area contributed by atoms with Crippen LogP contribution in [0.3, 0.4) is 0 Å². The number of sulfone groups is 1. The second kappa shape index (κ2) is 7.04. The molecule has 0 aliphatic heterocycles. The maximum Gasteiger partial charge on any atom is 0.179 e. The van der Waals surface area contributed by atoms with E-state index >= 15 is 0 Å². The first-order chi connectivity index (χ1) is 9.40. The Labute approximate surface area is 120 Å². The molecule has 1 aromatic rings. The highest BCUT2D eigenvalue weighted by Crippen LogP contribution is 2.13. The number of hydrogen-bond acceptors (Lipinski definition) is 5. The molecule has 0 fully saturated rings. The van der Waals surface area contributed by atoms with Crippen molar-refractivity contribution in [3.63, 3.8) is 0 Å². The Morgan fingerprint density at radius 3 is 2.25 bits per heavy atom. The molecule has 0 amide bonds. The third-order valence-corrected chi connectivity index (χ3v) is 4.70. The van der Waals surface area contributed by atoms with Crippen LogP contribution in [-0.4, -0.2) is 38.2 Å². The molecule has 1 aromatic carbocycles. The Kier molecular flexibility index (Phi) is 5.69. The molecule has 106 valence electrons. The van der Waals surface area contributed by atoms with Crippen molar-refractivity contribution in [3.05, 3.63) is 29.8 Å². The number of nitrogens with zero attached hydrogens (tertiary/aromatic N) is 3. The molecule has 0 saturated heterocycles. The zero-order valence-electron chi connectivity index (χ0n) is 11.6. The van der Waals surface area contributed by atoms with Crippen LogP contribution in [0.25, 0.3) is 0 Å². The Balaban J connectivity index is 2.79. The van der Waals surface area contributed by atoms with E-state index in [9.17, 15) is 8.42 Å². The first-order valence-corrected chi connectivity index (χ1v) is 7.90. The van der Waals surface area contributed by atoms with Crippen LogP contribution in [0.5, 0.6) is 0 Å². The van der Waals surface area contributed by atoms with Gasteiger partial charge in [-0.1, -0.05) is 0 Å². The maximum atomic E-state index is 12.2. The van der Waals surface area contributed by atoms with Crippen LogP contribution < -0.4 is 0 Å². The van der Waals surface area contributed by atoms with Gasteiger partial charge in [-0.15, -0.1) is 0 Å². The van der Waals surface area contributed by atoms with Gasteiger partial charge in [0.2, 0.25) is 0 Å². The van der Waals surface area contributed by atoms with E-state index in [2.05, 4.69) is 0 Å². The largest absolute Gasteiger partial charge is 0.287 e. The maximum absolute atomic E-state index is 12.2. The zero-order chi connectivity index (χ0) is 15.2. The average molecular weight is 291 g/mol.